The summed E-state index contributed by atoms with van der Waals surface area (Å²) in [5.41, 5.74) is -0.288. The maximum absolute atomic E-state index is 11.4. The molecule has 2 bridgehead atoms. The van der Waals surface area contributed by atoms with E-state index in [-0.39, 0.29) is 40.9 Å². The van der Waals surface area contributed by atoms with Crippen LogP contribution in [0.15, 0.2) is 0 Å². The first-order chi connectivity index (χ1) is 9.78. The Morgan fingerprint density at radius 2 is 2.00 bits per heavy atom. The van der Waals surface area contributed by atoms with Crippen molar-refractivity contribution in [3.8, 4) is 0 Å². The van der Waals surface area contributed by atoms with Gasteiger partial charge in [-0.3, -0.25) is 4.79 Å². The average Bonchev–Trinajstić information content (AvgIpc) is 2.82. The van der Waals surface area contributed by atoms with E-state index in [1.54, 1.807) is 0 Å². The molecule has 0 aromatic heterocycles. The van der Waals surface area contributed by atoms with E-state index < -0.39 is 6.29 Å². The largest absolute Gasteiger partial charge is 0.433 e. The Morgan fingerprint density at radius 3 is 2.67 bits per heavy atom. The normalized spacial score (nSPS) is 51.0. The first kappa shape index (κ1) is 14.0. The van der Waals surface area contributed by atoms with E-state index in [9.17, 15) is 4.79 Å². The van der Waals surface area contributed by atoms with Crippen LogP contribution >= 0.6 is 0 Å². The maximum Gasteiger partial charge on any atom is 0.305 e. The fourth-order valence-electron chi connectivity index (χ4n) is 5.36. The average molecular weight is 296 g/mol. The summed E-state index contributed by atoms with van der Waals surface area (Å²) in [7, 11) is 0. The number of ether oxygens (including phenoxy) is 4. The molecule has 3 heterocycles. The summed E-state index contributed by atoms with van der Waals surface area (Å²) in [6, 6.07) is 0. The highest BCUT2D eigenvalue weighted by molar-refractivity contribution is 5.66. The van der Waals surface area contributed by atoms with E-state index >= 15 is 0 Å². The molecule has 4 fully saturated rings. The zero-order chi connectivity index (χ0) is 15.0. The highest BCUT2D eigenvalue weighted by atomic mass is 16.8. The number of esters is 1. The molecule has 1 saturated carbocycles. The molecule has 5 heteroatoms. The van der Waals surface area contributed by atoms with Crippen molar-refractivity contribution in [3.63, 3.8) is 0 Å². The first-order valence-corrected chi connectivity index (χ1v) is 7.94. The molecule has 0 N–H and O–H groups in total. The fraction of sp³-hybridized carbons (Fsp3) is 0.938. The van der Waals surface area contributed by atoms with Crippen LogP contribution < -0.4 is 0 Å². The van der Waals surface area contributed by atoms with Crippen molar-refractivity contribution in [2.75, 3.05) is 0 Å². The van der Waals surface area contributed by atoms with Crippen molar-refractivity contribution in [3.05, 3.63) is 0 Å². The lowest BCUT2D eigenvalue weighted by Crippen LogP contribution is -2.56. The molecule has 0 aromatic rings. The van der Waals surface area contributed by atoms with E-state index in [0.717, 1.165) is 25.7 Å². The van der Waals surface area contributed by atoms with Gasteiger partial charge in [-0.1, -0.05) is 20.8 Å². The second kappa shape index (κ2) is 4.00. The number of carbonyl (C=O) groups excluding carboxylic acids is 1. The monoisotopic (exact) mass is 296 g/mol. The molecule has 118 valence electrons. The van der Waals surface area contributed by atoms with Gasteiger partial charge in [0.05, 0.1) is 6.10 Å². The van der Waals surface area contributed by atoms with Gasteiger partial charge in [0.2, 0.25) is 6.29 Å². The van der Waals surface area contributed by atoms with Crippen LogP contribution in [0.2, 0.25) is 0 Å². The van der Waals surface area contributed by atoms with Crippen molar-refractivity contribution < 1.29 is 23.7 Å². The minimum absolute atomic E-state index is 0.00941. The fourth-order valence-corrected chi connectivity index (χ4v) is 5.36. The molecule has 0 aromatic carbocycles. The topological polar surface area (TPSA) is 54.0 Å². The Hall–Kier alpha value is -0.650. The molecule has 5 nitrogen and oxygen atoms in total. The van der Waals surface area contributed by atoms with Crippen molar-refractivity contribution in [2.24, 2.45) is 10.8 Å². The lowest BCUT2D eigenvalue weighted by molar-refractivity contribution is -0.340. The molecule has 4 rings (SSSR count). The van der Waals surface area contributed by atoms with Crippen LogP contribution in [0.4, 0.5) is 0 Å². The third-order valence-corrected chi connectivity index (χ3v) is 5.73. The minimum atomic E-state index is -0.631. The summed E-state index contributed by atoms with van der Waals surface area (Å²) < 4.78 is 23.9. The van der Waals surface area contributed by atoms with Gasteiger partial charge < -0.3 is 18.9 Å². The highest BCUT2D eigenvalue weighted by Gasteiger charge is 2.79. The van der Waals surface area contributed by atoms with Crippen molar-refractivity contribution >= 4 is 5.97 Å². The van der Waals surface area contributed by atoms with E-state index in [0.29, 0.717) is 0 Å². The summed E-state index contributed by atoms with van der Waals surface area (Å²) >= 11 is 0. The van der Waals surface area contributed by atoms with Crippen LogP contribution in [0.25, 0.3) is 0 Å². The van der Waals surface area contributed by atoms with Crippen LogP contribution in [-0.4, -0.2) is 36.4 Å². The quantitative estimate of drug-likeness (QED) is 0.695. The summed E-state index contributed by atoms with van der Waals surface area (Å²) in [6.07, 6.45) is 3.00. The Labute approximate surface area is 125 Å². The zero-order valence-electron chi connectivity index (χ0n) is 13.2. The Balaban J connectivity index is 1.77. The van der Waals surface area contributed by atoms with E-state index in [2.05, 4.69) is 20.8 Å². The first-order valence-electron chi connectivity index (χ1n) is 7.94. The molecule has 4 aliphatic rings. The second-order valence-electron chi connectivity index (χ2n) is 8.07. The predicted octanol–water partition coefficient (Wildman–Crippen LogP) is 2.37. The van der Waals surface area contributed by atoms with Gasteiger partial charge in [0.15, 0.2) is 6.29 Å². The third-order valence-electron chi connectivity index (χ3n) is 5.73. The molecule has 0 amide bonds. The van der Waals surface area contributed by atoms with Crippen LogP contribution in [0.1, 0.15) is 53.4 Å². The molecule has 21 heavy (non-hydrogen) atoms. The Kier molecular flexibility index (Phi) is 2.66. The molecule has 6 atom stereocenters. The lowest BCUT2D eigenvalue weighted by atomic mass is 9.64. The zero-order valence-corrected chi connectivity index (χ0v) is 13.2. The van der Waals surface area contributed by atoms with Gasteiger partial charge in [-0.05, 0) is 24.7 Å². The summed E-state index contributed by atoms with van der Waals surface area (Å²) in [6.45, 7) is 8.06. The SMILES string of the molecule is CC(=O)O[C@@H]1O[C@H]2C[C@]34CCC[C@@]3(O2)[C@H]1O[C@H]4C(C)(C)C. The van der Waals surface area contributed by atoms with Gasteiger partial charge in [0.1, 0.15) is 11.7 Å². The van der Waals surface area contributed by atoms with E-state index in [1.165, 1.54) is 6.92 Å². The maximum atomic E-state index is 11.4. The van der Waals surface area contributed by atoms with Crippen LogP contribution in [-0.2, 0) is 23.7 Å². The van der Waals surface area contributed by atoms with Crippen LogP contribution in [0.5, 0.6) is 0 Å². The Morgan fingerprint density at radius 1 is 1.24 bits per heavy atom. The molecule has 1 aliphatic carbocycles. The van der Waals surface area contributed by atoms with Gasteiger partial charge in [0, 0.05) is 18.8 Å². The summed E-state index contributed by atoms with van der Waals surface area (Å²) in [5.74, 6) is -0.330. The molecule has 0 unspecified atom stereocenters. The van der Waals surface area contributed by atoms with Crippen molar-refractivity contribution in [1.29, 1.82) is 0 Å². The second-order valence-corrected chi connectivity index (χ2v) is 8.07. The van der Waals surface area contributed by atoms with Crippen LogP contribution in [0, 0.1) is 10.8 Å². The number of carbonyl (C=O) groups is 1. The summed E-state index contributed by atoms with van der Waals surface area (Å²) in [4.78, 5) is 11.4. The molecule has 0 radical (unpaired) electrons. The Bertz CT molecular complexity index is 484. The lowest BCUT2D eigenvalue weighted by Gasteiger charge is -2.41. The predicted molar refractivity (Wildman–Crippen MR) is 73.3 cm³/mol. The number of hydrogen-bond acceptors (Lipinski definition) is 5. The van der Waals surface area contributed by atoms with Gasteiger partial charge in [-0.15, -0.1) is 0 Å². The van der Waals surface area contributed by atoms with Gasteiger partial charge in [0.25, 0.3) is 0 Å². The van der Waals surface area contributed by atoms with Crippen molar-refractivity contribution in [2.45, 2.75) is 83.8 Å². The van der Waals surface area contributed by atoms with Gasteiger partial charge >= 0.3 is 5.97 Å². The molecule has 3 saturated heterocycles. The standard InChI is InChI=1S/C16H24O5/c1-9(17)18-12-11-16-7-5-6-15(16,8-10(19-12)21-16)13(20-11)14(2,3)4/h10-13H,5-8H2,1-4H3/t10-,11+,12-,13+,15+,16-/m1/s1. The van der Waals surface area contributed by atoms with E-state index in [4.69, 9.17) is 18.9 Å². The smallest absolute Gasteiger partial charge is 0.305 e. The van der Waals surface area contributed by atoms with E-state index in [1.807, 2.05) is 0 Å². The number of hydrogen-bond donors (Lipinski definition) is 0. The number of fused-ring (bicyclic) bond motifs is 1. The minimum Gasteiger partial charge on any atom is -0.433 e. The van der Waals surface area contributed by atoms with Crippen molar-refractivity contribution in [1.82, 2.24) is 0 Å². The van der Waals surface area contributed by atoms with Gasteiger partial charge in [-0.2, -0.15) is 0 Å². The highest BCUT2D eigenvalue weighted by Crippen LogP contribution is 2.70. The molecule has 3 aliphatic heterocycles. The van der Waals surface area contributed by atoms with Crippen LogP contribution in [0.3, 0.4) is 0 Å². The van der Waals surface area contributed by atoms with Gasteiger partial charge in [-0.25, -0.2) is 0 Å². The summed E-state index contributed by atoms with van der Waals surface area (Å²) in [5, 5.41) is 0. The third kappa shape index (κ3) is 1.60. The molecule has 1 spiro atoms. The number of rotatable bonds is 1. The molecular formula is C16H24O5. The molecular weight excluding hydrogens is 272 g/mol.